The van der Waals surface area contributed by atoms with Crippen LogP contribution in [0.25, 0.3) is 0 Å². The summed E-state index contributed by atoms with van der Waals surface area (Å²) in [7, 11) is 0. The monoisotopic (exact) mass is 286 g/mol. The molecule has 19 heavy (non-hydrogen) atoms. The molecule has 2 aliphatic heterocycles. The Labute approximate surface area is 120 Å². The van der Waals surface area contributed by atoms with Gasteiger partial charge in [0.05, 0.1) is 11.5 Å². The number of thioether (sulfide) groups is 1. The van der Waals surface area contributed by atoms with Gasteiger partial charge in [-0.15, -0.1) is 0 Å². The second-order valence-electron chi connectivity index (χ2n) is 6.20. The third-order valence-electron chi connectivity index (χ3n) is 4.12. The maximum atomic E-state index is 12.8. The van der Waals surface area contributed by atoms with Crippen LogP contribution in [0, 0.1) is 5.41 Å². The average Bonchev–Trinajstić information content (AvgIpc) is 3.07. The maximum Gasteiger partial charge on any atom is 0.229 e. The van der Waals surface area contributed by atoms with Crippen LogP contribution in [-0.2, 0) is 9.53 Å². The normalized spacial score (nSPS) is 27.7. The number of nitrogens with zero attached hydrogens (tertiary/aromatic N) is 1. The van der Waals surface area contributed by atoms with E-state index in [1.165, 1.54) is 0 Å². The van der Waals surface area contributed by atoms with E-state index in [-0.39, 0.29) is 12.0 Å². The van der Waals surface area contributed by atoms with Crippen LogP contribution in [0.5, 0.6) is 0 Å². The third-order valence-corrected chi connectivity index (χ3v) is 5.27. The van der Waals surface area contributed by atoms with Gasteiger partial charge in [0.1, 0.15) is 0 Å². The predicted molar refractivity (Wildman–Crippen MR) is 79.3 cm³/mol. The number of hydrogen-bond donors (Lipinski definition) is 1. The Hall–Kier alpha value is -0.260. The fourth-order valence-corrected chi connectivity index (χ4v) is 3.87. The van der Waals surface area contributed by atoms with Crippen LogP contribution >= 0.6 is 11.8 Å². The SMILES string of the molecule is CC(C)(CN)C(=O)N(CC1CCCO1)C1CCSC1. The number of nitrogens with two attached hydrogens (primary N) is 1. The standard InChI is InChI=1S/C14H26N2O2S/c1-14(2,10-15)13(17)16(11-5-7-19-9-11)8-12-4-3-6-18-12/h11-12H,3-10,15H2,1-2H3. The first-order valence-corrected chi connectivity index (χ1v) is 8.40. The van der Waals surface area contributed by atoms with E-state index >= 15 is 0 Å². The Kier molecular flexibility index (Phi) is 5.15. The first kappa shape index (κ1) is 15.1. The highest BCUT2D eigenvalue weighted by molar-refractivity contribution is 7.99. The minimum absolute atomic E-state index is 0.193. The maximum absolute atomic E-state index is 12.8. The summed E-state index contributed by atoms with van der Waals surface area (Å²) < 4.78 is 5.71. The van der Waals surface area contributed by atoms with Crippen molar-refractivity contribution in [1.29, 1.82) is 0 Å². The van der Waals surface area contributed by atoms with E-state index in [9.17, 15) is 4.79 Å². The van der Waals surface area contributed by atoms with E-state index in [1.54, 1.807) is 0 Å². The molecule has 1 amide bonds. The molecule has 4 nitrogen and oxygen atoms in total. The number of amides is 1. The van der Waals surface area contributed by atoms with E-state index in [2.05, 4.69) is 4.90 Å². The predicted octanol–water partition coefficient (Wildman–Crippen LogP) is 1.48. The molecule has 2 N–H and O–H groups in total. The van der Waals surface area contributed by atoms with Gasteiger partial charge in [0.25, 0.3) is 0 Å². The van der Waals surface area contributed by atoms with E-state index in [0.29, 0.717) is 12.6 Å². The third kappa shape index (κ3) is 3.64. The topological polar surface area (TPSA) is 55.6 Å². The summed E-state index contributed by atoms with van der Waals surface area (Å²) in [5.74, 6) is 2.40. The summed E-state index contributed by atoms with van der Waals surface area (Å²) in [5, 5.41) is 0. The highest BCUT2D eigenvalue weighted by Crippen LogP contribution is 2.28. The molecule has 0 spiro atoms. The van der Waals surface area contributed by atoms with Gasteiger partial charge in [0.15, 0.2) is 0 Å². The van der Waals surface area contributed by atoms with Gasteiger partial charge in [0.2, 0.25) is 5.91 Å². The summed E-state index contributed by atoms with van der Waals surface area (Å²) in [4.78, 5) is 14.8. The molecule has 2 rings (SSSR count). The van der Waals surface area contributed by atoms with Crippen molar-refractivity contribution in [2.24, 2.45) is 11.1 Å². The average molecular weight is 286 g/mol. The zero-order valence-electron chi connectivity index (χ0n) is 12.1. The molecule has 5 heteroatoms. The fourth-order valence-electron chi connectivity index (χ4n) is 2.65. The van der Waals surface area contributed by atoms with Gasteiger partial charge in [-0.1, -0.05) is 0 Å². The largest absolute Gasteiger partial charge is 0.376 e. The van der Waals surface area contributed by atoms with Crippen LogP contribution in [-0.4, -0.2) is 54.2 Å². The van der Waals surface area contributed by atoms with Gasteiger partial charge < -0.3 is 15.4 Å². The molecule has 2 atom stereocenters. The molecule has 0 aliphatic carbocycles. The molecule has 0 aromatic heterocycles. The minimum Gasteiger partial charge on any atom is -0.376 e. The first-order chi connectivity index (χ1) is 9.04. The van der Waals surface area contributed by atoms with E-state index in [0.717, 1.165) is 43.9 Å². The van der Waals surface area contributed by atoms with Crippen molar-refractivity contribution < 1.29 is 9.53 Å². The number of rotatable bonds is 5. The fraction of sp³-hybridized carbons (Fsp3) is 0.929. The molecule has 2 saturated heterocycles. The lowest BCUT2D eigenvalue weighted by atomic mass is 9.90. The molecule has 110 valence electrons. The summed E-state index contributed by atoms with van der Waals surface area (Å²) in [6, 6.07) is 0.368. The molecule has 2 heterocycles. The molecule has 0 saturated carbocycles. The van der Waals surface area contributed by atoms with Crippen LogP contribution < -0.4 is 5.73 Å². The Morgan fingerprint density at radius 3 is 2.79 bits per heavy atom. The molecular formula is C14H26N2O2S. The summed E-state index contributed by atoms with van der Waals surface area (Å²) in [5.41, 5.74) is 5.30. The quantitative estimate of drug-likeness (QED) is 0.832. The van der Waals surface area contributed by atoms with Gasteiger partial charge in [-0.25, -0.2) is 0 Å². The number of carbonyl (C=O) groups is 1. The van der Waals surface area contributed by atoms with Crippen LogP contribution in [0.2, 0.25) is 0 Å². The van der Waals surface area contributed by atoms with Crippen LogP contribution in [0.1, 0.15) is 33.1 Å². The van der Waals surface area contributed by atoms with E-state index in [1.807, 2.05) is 25.6 Å². The van der Waals surface area contributed by atoms with Crippen molar-refractivity contribution >= 4 is 17.7 Å². The van der Waals surface area contributed by atoms with Crippen molar-refractivity contribution in [2.75, 3.05) is 31.2 Å². The van der Waals surface area contributed by atoms with Crippen molar-refractivity contribution in [1.82, 2.24) is 4.90 Å². The zero-order valence-corrected chi connectivity index (χ0v) is 12.9. The highest BCUT2D eigenvalue weighted by atomic mass is 32.2. The molecule has 0 aromatic carbocycles. The lowest BCUT2D eigenvalue weighted by molar-refractivity contribution is -0.143. The van der Waals surface area contributed by atoms with Crippen molar-refractivity contribution in [3.8, 4) is 0 Å². The lowest BCUT2D eigenvalue weighted by Crippen LogP contribution is -2.51. The molecule has 0 bridgehead atoms. The molecule has 0 aromatic rings. The van der Waals surface area contributed by atoms with Crippen LogP contribution in [0.3, 0.4) is 0 Å². The van der Waals surface area contributed by atoms with Gasteiger partial charge in [-0.3, -0.25) is 4.79 Å². The van der Waals surface area contributed by atoms with Crippen molar-refractivity contribution in [3.05, 3.63) is 0 Å². The van der Waals surface area contributed by atoms with Gasteiger partial charge in [-0.2, -0.15) is 11.8 Å². The molecule has 2 unspecified atom stereocenters. The number of hydrogen-bond acceptors (Lipinski definition) is 4. The molecule has 2 fully saturated rings. The van der Waals surface area contributed by atoms with Crippen molar-refractivity contribution in [2.45, 2.75) is 45.3 Å². The second-order valence-corrected chi connectivity index (χ2v) is 7.35. The molecular weight excluding hydrogens is 260 g/mol. The van der Waals surface area contributed by atoms with E-state index in [4.69, 9.17) is 10.5 Å². The van der Waals surface area contributed by atoms with Gasteiger partial charge in [-0.05, 0) is 38.9 Å². The first-order valence-electron chi connectivity index (χ1n) is 7.25. The Morgan fingerprint density at radius 1 is 1.47 bits per heavy atom. The van der Waals surface area contributed by atoms with Gasteiger partial charge >= 0.3 is 0 Å². The Bertz CT molecular complexity index is 311. The van der Waals surface area contributed by atoms with Crippen molar-refractivity contribution in [3.63, 3.8) is 0 Å². The zero-order chi connectivity index (χ0) is 13.9. The molecule has 0 radical (unpaired) electrons. The number of ether oxygens (including phenoxy) is 1. The smallest absolute Gasteiger partial charge is 0.229 e. The summed E-state index contributed by atoms with van der Waals surface area (Å²) in [6.45, 7) is 5.87. The highest BCUT2D eigenvalue weighted by Gasteiger charge is 2.37. The second kappa shape index (κ2) is 6.46. The van der Waals surface area contributed by atoms with Gasteiger partial charge in [0, 0.05) is 31.5 Å². The Morgan fingerprint density at radius 2 is 2.26 bits per heavy atom. The summed E-state index contributed by atoms with van der Waals surface area (Å²) >= 11 is 1.94. The van der Waals surface area contributed by atoms with Crippen LogP contribution in [0.15, 0.2) is 0 Å². The Balaban J connectivity index is 2.06. The van der Waals surface area contributed by atoms with E-state index < -0.39 is 5.41 Å². The summed E-state index contributed by atoms with van der Waals surface area (Å²) in [6.07, 6.45) is 3.52. The number of carbonyl (C=O) groups excluding carboxylic acids is 1. The minimum atomic E-state index is -0.466. The molecule has 2 aliphatic rings. The van der Waals surface area contributed by atoms with Crippen LogP contribution in [0.4, 0.5) is 0 Å². The lowest BCUT2D eigenvalue weighted by Gasteiger charge is -2.36.